The van der Waals surface area contributed by atoms with Gasteiger partial charge >= 0.3 is 6.18 Å². The van der Waals surface area contributed by atoms with Crippen LogP contribution in [0.25, 0.3) is 11.1 Å². The van der Waals surface area contributed by atoms with Gasteiger partial charge in [0.05, 0.1) is 4.90 Å². The summed E-state index contributed by atoms with van der Waals surface area (Å²) in [4.78, 5) is -0.0666. The molecule has 0 atom stereocenters. The normalized spacial score (nSPS) is 14.5. The largest absolute Gasteiger partial charge is 0.435 e. The fraction of sp³-hybridized carbons (Fsp3) is 0.286. The molecule has 0 bridgehead atoms. The predicted molar refractivity (Wildman–Crippen MR) is 110 cm³/mol. The Morgan fingerprint density at radius 1 is 1.06 bits per heavy atom. The third-order valence-corrected chi connectivity index (χ3v) is 5.76. The Balaban J connectivity index is 0.000000210. The van der Waals surface area contributed by atoms with E-state index >= 15 is 0 Å². The van der Waals surface area contributed by atoms with Crippen molar-refractivity contribution in [3.63, 3.8) is 0 Å². The lowest BCUT2D eigenvalue weighted by atomic mass is 9.92. The van der Waals surface area contributed by atoms with Crippen molar-refractivity contribution in [2.75, 3.05) is 13.1 Å². The summed E-state index contributed by atoms with van der Waals surface area (Å²) < 4.78 is 69.6. The summed E-state index contributed by atoms with van der Waals surface area (Å²) in [5.74, 6) is 0.472. The van der Waals surface area contributed by atoms with E-state index in [9.17, 15) is 21.6 Å². The molecule has 2 aromatic carbocycles. The Morgan fingerprint density at radius 3 is 2.10 bits per heavy atom. The maximum atomic E-state index is 12.9. The van der Waals surface area contributed by atoms with Gasteiger partial charge in [0.15, 0.2) is 5.69 Å². The molecule has 0 radical (unpaired) electrons. The number of nitrogens with one attached hydrogen (secondary N) is 1. The summed E-state index contributed by atoms with van der Waals surface area (Å²) in [6.45, 7) is 3.70. The van der Waals surface area contributed by atoms with E-state index in [1.165, 1.54) is 30.1 Å². The zero-order valence-electron chi connectivity index (χ0n) is 16.9. The van der Waals surface area contributed by atoms with Crippen molar-refractivity contribution < 1.29 is 26.1 Å². The highest BCUT2D eigenvalue weighted by atomic mass is 32.2. The van der Waals surface area contributed by atoms with Gasteiger partial charge in [-0.25, -0.2) is 0 Å². The maximum absolute atomic E-state index is 12.9. The quantitative estimate of drug-likeness (QED) is 0.585. The summed E-state index contributed by atoms with van der Waals surface area (Å²) in [6, 6.07) is 13.3. The molecule has 0 unspecified atom stereocenters. The first kappa shape index (κ1) is 23.0. The molecule has 2 heterocycles. The second-order valence-corrected chi connectivity index (χ2v) is 8.75. The molecule has 1 saturated heterocycles. The average molecular weight is 453 g/mol. The minimum absolute atomic E-state index is 0.0666. The van der Waals surface area contributed by atoms with Gasteiger partial charge in [0.25, 0.3) is 10.1 Å². The van der Waals surface area contributed by atoms with Crippen LogP contribution < -0.4 is 5.32 Å². The van der Waals surface area contributed by atoms with Crippen LogP contribution in [0.4, 0.5) is 13.2 Å². The van der Waals surface area contributed by atoms with E-state index in [4.69, 9.17) is 4.55 Å². The molecule has 166 valence electrons. The fourth-order valence-corrected chi connectivity index (χ4v) is 3.56. The summed E-state index contributed by atoms with van der Waals surface area (Å²) in [6.07, 6.45) is -3.03. The fourth-order valence-electron chi connectivity index (χ4n) is 3.08. The summed E-state index contributed by atoms with van der Waals surface area (Å²) >= 11 is 0. The van der Waals surface area contributed by atoms with Crippen molar-refractivity contribution in [3.8, 4) is 11.1 Å². The number of rotatable bonds is 3. The van der Waals surface area contributed by atoms with Crippen LogP contribution in [0.2, 0.25) is 0 Å². The van der Waals surface area contributed by atoms with Crippen molar-refractivity contribution >= 4 is 10.1 Å². The number of halogens is 3. The SMILES string of the molecule is Cc1ccc(S(=O)(=O)O)cc1.Cn1cc(-c2ccc(C3CNC3)cc2)c(C(F)(F)F)n1. The first-order valence-electron chi connectivity index (χ1n) is 9.41. The highest BCUT2D eigenvalue weighted by Gasteiger charge is 2.37. The van der Waals surface area contributed by atoms with Crippen LogP contribution in [0, 0.1) is 6.92 Å². The van der Waals surface area contributed by atoms with Crippen LogP contribution in [0.15, 0.2) is 59.6 Å². The molecule has 0 aliphatic carbocycles. The van der Waals surface area contributed by atoms with Crippen LogP contribution >= 0.6 is 0 Å². The molecule has 6 nitrogen and oxygen atoms in total. The lowest BCUT2D eigenvalue weighted by molar-refractivity contribution is -0.140. The molecular formula is C21H22F3N3O3S. The van der Waals surface area contributed by atoms with Gasteiger partial charge in [0.1, 0.15) is 0 Å². The number of hydrogen-bond acceptors (Lipinski definition) is 4. The zero-order chi connectivity index (χ0) is 22.8. The molecule has 0 amide bonds. The zero-order valence-corrected chi connectivity index (χ0v) is 17.7. The molecule has 1 aliphatic heterocycles. The van der Waals surface area contributed by atoms with E-state index in [2.05, 4.69) is 10.4 Å². The second-order valence-electron chi connectivity index (χ2n) is 7.33. The van der Waals surface area contributed by atoms with E-state index in [0.29, 0.717) is 11.5 Å². The molecule has 10 heteroatoms. The van der Waals surface area contributed by atoms with Gasteiger partial charge in [-0.1, -0.05) is 42.0 Å². The second kappa shape index (κ2) is 8.81. The smallest absolute Gasteiger partial charge is 0.315 e. The molecule has 1 aliphatic rings. The molecule has 2 N–H and O–H groups in total. The first-order chi connectivity index (χ1) is 14.4. The molecule has 0 spiro atoms. The Bertz CT molecular complexity index is 1140. The number of nitrogens with zero attached hydrogens (tertiary/aromatic N) is 2. The summed E-state index contributed by atoms with van der Waals surface area (Å²) in [5, 5.41) is 6.70. The van der Waals surface area contributed by atoms with Crippen LogP contribution in [0.1, 0.15) is 22.7 Å². The molecule has 31 heavy (non-hydrogen) atoms. The molecule has 4 rings (SSSR count). The Hall–Kier alpha value is -2.69. The van der Waals surface area contributed by atoms with E-state index in [1.807, 2.05) is 19.1 Å². The third kappa shape index (κ3) is 5.72. The van der Waals surface area contributed by atoms with Gasteiger partial charge in [-0.05, 0) is 30.2 Å². The van der Waals surface area contributed by atoms with Crippen LogP contribution in [0.5, 0.6) is 0 Å². The summed E-state index contributed by atoms with van der Waals surface area (Å²) in [7, 11) is -2.53. The predicted octanol–water partition coefficient (Wildman–Crippen LogP) is 4.03. The van der Waals surface area contributed by atoms with Crippen molar-refractivity contribution in [1.82, 2.24) is 15.1 Å². The van der Waals surface area contributed by atoms with Crippen molar-refractivity contribution in [2.24, 2.45) is 7.05 Å². The molecule has 1 aromatic heterocycles. The number of alkyl halides is 3. The topological polar surface area (TPSA) is 84.2 Å². The highest BCUT2D eigenvalue weighted by Crippen LogP contribution is 2.36. The van der Waals surface area contributed by atoms with Gasteiger partial charge in [-0.3, -0.25) is 9.23 Å². The third-order valence-electron chi connectivity index (χ3n) is 4.89. The molecule has 3 aromatic rings. The Labute approximate surface area is 178 Å². The number of aromatic nitrogens is 2. The van der Waals surface area contributed by atoms with Crippen molar-refractivity contribution in [1.29, 1.82) is 0 Å². The van der Waals surface area contributed by atoms with Crippen molar-refractivity contribution in [3.05, 3.63) is 71.5 Å². The highest BCUT2D eigenvalue weighted by molar-refractivity contribution is 7.85. The van der Waals surface area contributed by atoms with E-state index in [-0.39, 0.29) is 10.5 Å². The van der Waals surface area contributed by atoms with Gasteiger partial charge < -0.3 is 5.32 Å². The van der Waals surface area contributed by atoms with Gasteiger partial charge in [0.2, 0.25) is 0 Å². The van der Waals surface area contributed by atoms with Crippen molar-refractivity contribution in [2.45, 2.75) is 23.9 Å². The first-order valence-corrected chi connectivity index (χ1v) is 10.8. The number of aryl methyl sites for hydroxylation is 2. The Kier molecular flexibility index (Phi) is 6.54. The van der Waals surface area contributed by atoms with Crippen LogP contribution in [-0.4, -0.2) is 35.8 Å². The van der Waals surface area contributed by atoms with E-state index < -0.39 is 22.0 Å². The molecule has 0 saturated carbocycles. The standard InChI is InChI=1S/C14H14F3N3.C7H8O3S/c1-20-8-12(13(19-20)14(15,16)17)10-4-2-9(3-5-10)11-6-18-7-11;1-6-2-4-7(5-3-6)11(8,9)10/h2-5,8,11,18H,6-7H2,1H3;2-5H,1H3,(H,8,9,10). The number of hydrogen-bond donors (Lipinski definition) is 2. The lowest BCUT2D eigenvalue weighted by Gasteiger charge is -2.27. The van der Waals surface area contributed by atoms with E-state index in [0.717, 1.165) is 24.2 Å². The minimum Gasteiger partial charge on any atom is -0.315 e. The van der Waals surface area contributed by atoms with Crippen LogP contribution in [0.3, 0.4) is 0 Å². The molecular weight excluding hydrogens is 431 g/mol. The maximum Gasteiger partial charge on any atom is 0.435 e. The lowest BCUT2D eigenvalue weighted by Crippen LogP contribution is -2.39. The van der Waals surface area contributed by atoms with Gasteiger partial charge in [0, 0.05) is 37.8 Å². The van der Waals surface area contributed by atoms with E-state index in [1.54, 1.807) is 24.3 Å². The molecule has 1 fully saturated rings. The van der Waals surface area contributed by atoms with Gasteiger partial charge in [-0.2, -0.15) is 26.7 Å². The number of benzene rings is 2. The average Bonchev–Trinajstić information content (AvgIpc) is 3.03. The minimum atomic E-state index is -4.44. The van der Waals surface area contributed by atoms with Crippen LogP contribution in [-0.2, 0) is 23.3 Å². The monoisotopic (exact) mass is 453 g/mol. The Morgan fingerprint density at radius 2 is 1.65 bits per heavy atom. The van der Waals surface area contributed by atoms with Gasteiger partial charge in [-0.15, -0.1) is 0 Å². The summed E-state index contributed by atoms with van der Waals surface area (Å²) in [5.41, 5.74) is 1.94.